The van der Waals surface area contributed by atoms with Crippen molar-refractivity contribution in [2.75, 3.05) is 39.2 Å². The van der Waals surface area contributed by atoms with Gasteiger partial charge in [-0.2, -0.15) is 4.31 Å². The molecule has 0 spiro atoms. The molecule has 0 saturated carbocycles. The van der Waals surface area contributed by atoms with Gasteiger partial charge in [0.25, 0.3) is 0 Å². The molecule has 1 heterocycles. The monoisotopic (exact) mass is 328 g/mol. The quantitative estimate of drug-likeness (QED) is 0.828. The molecule has 6 nitrogen and oxygen atoms in total. The molecular formula is C15H24N2O4S. The summed E-state index contributed by atoms with van der Waals surface area (Å²) >= 11 is 0. The molecule has 0 aliphatic carbocycles. The average molecular weight is 328 g/mol. The van der Waals surface area contributed by atoms with Crippen LogP contribution in [0.25, 0.3) is 0 Å². The van der Waals surface area contributed by atoms with Crippen molar-refractivity contribution in [2.45, 2.75) is 30.7 Å². The first-order valence-electron chi connectivity index (χ1n) is 7.42. The van der Waals surface area contributed by atoms with Gasteiger partial charge in [-0.05, 0) is 31.9 Å². The van der Waals surface area contributed by atoms with Crippen LogP contribution in [0.5, 0.6) is 5.75 Å². The lowest BCUT2D eigenvalue weighted by Crippen LogP contribution is -2.28. The second-order valence-electron chi connectivity index (χ2n) is 5.48. The maximum Gasteiger partial charge on any atom is 0.246 e. The van der Waals surface area contributed by atoms with Crippen LogP contribution in [0.4, 0.5) is 5.69 Å². The Bertz CT molecular complexity index is 598. The first-order chi connectivity index (χ1) is 10.5. The number of nitrogens with one attached hydrogen (secondary N) is 1. The molecular weight excluding hydrogens is 304 g/mol. The van der Waals surface area contributed by atoms with Gasteiger partial charge in [0.2, 0.25) is 10.0 Å². The SMILES string of the molecule is COCC(C)Nc1ccc(S(=O)(=O)N2CCCC2)c(OC)c1. The summed E-state index contributed by atoms with van der Waals surface area (Å²) in [6.07, 6.45) is 1.82. The van der Waals surface area contributed by atoms with Crippen LogP contribution < -0.4 is 10.1 Å². The van der Waals surface area contributed by atoms with Gasteiger partial charge in [0.15, 0.2) is 0 Å². The topological polar surface area (TPSA) is 67.9 Å². The lowest BCUT2D eigenvalue weighted by molar-refractivity contribution is 0.190. The Kier molecular flexibility index (Phi) is 5.66. The highest BCUT2D eigenvalue weighted by Crippen LogP contribution is 2.31. The van der Waals surface area contributed by atoms with E-state index in [9.17, 15) is 8.42 Å². The molecule has 0 amide bonds. The minimum absolute atomic E-state index is 0.121. The van der Waals surface area contributed by atoms with Gasteiger partial charge in [-0.3, -0.25) is 0 Å². The predicted molar refractivity (Wildman–Crippen MR) is 85.9 cm³/mol. The molecule has 1 atom stereocenters. The number of hydrogen-bond acceptors (Lipinski definition) is 5. The molecule has 1 aliphatic heterocycles. The second-order valence-corrected chi connectivity index (χ2v) is 7.38. The summed E-state index contributed by atoms with van der Waals surface area (Å²) in [5.41, 5.74) is 0.807. The summed E-state index contributed by atoms with van der Waals surface area (Å²) < 4.78 is 37.2. The maximum atomic E-state index is 12.7. The summed E-state index contributed by atoms with van der Waals surface area (Å²) in [5.74, 6) is 0.363. The van der Waals surface area contributed by atoms with Gasteiger partial charge in [0, 0.05) is 38.0 Å². The average Bonchev–Trinajstić information content (AvgIpc) is 3.02. The molecule has 0 bridgehead atoms. The minimum atomic E-state index is -3.48. The molecule has 1 aliphatic rings. The first kappa shape index (κ1) is 17.1. The Hall–Kier alpha value is -1.31. The van der Waals surface area contributed by atoms with E-state index >= 15 is 0 Å². The van der Waals surface area contributed by atoms with E-state index in [1.165, 1.54) is 11.4 Å². The summed E-state index contributed by atoms with van der Waals surface area (Å²) in [6.45, 7) is 3.72. The predicted octanol–water partition coefficient (Wildman–Crippen LogP) is 1.93. The maximum absolute atomic E-state index is 12.7. The number of ether oxygens (including phenoxy) is 2. The highest BCUT2D eigenvalue weighted by molar-refractivity contribution is 7.89. The van der Waals surface area contributed by atoms with E-state index in [1.54, 1.807) is 25.3 Å². The van der Waals surface area contributed by atoms with Crippen molar-refractivity contribution in [3.8, 4) is 5.75 Å². The van der Waals surface area contributed by atoms with Gasteiger partial charge in [-0.25, -0.2) is 8.42 Å². The van der Waals surface area contributed by atoms with Crippen LogP contribution in [-0.2, 0) is 14.8 Å². The van der Waals surface area contributed by atoms with Gasteiger partial charge < -0.3 is 14.8 Å². The Labute approximate surface area is 132 Å². The van der Waals surface area contributed by atoms with Crippen molar-refractivity contribution in [3.05, 3.63) is 18.2 Å². The smallest absolute Gasteiger partial charge is 0.246 e. The van der Waals surface area contributed by atoms with E-state index in [1.807, 2.05) is 6.92 Å². The van der Waals surface area contributed by atoms with Crippen molar-refractivity contribution < 1.29 is 17.9 Å². The summed E-state index contributed by atoms with van der Waals surface area (Å²) in [4.78, 5) is 0.224. The molecule has 0 aromatic heterocycles. The van der Waals surface area contributed by atoms with E-state index in [2.05, 4.69) is 5.32 Å². The Morgan fingerprint density at radius 1 is 1.27 bits per heavy atom. The lowest BCUT2D eigenvalue weighted by Gasteiger charge is -2.19. The third-order valence-corrected chi connectivity index (χ3v) is 5.61. The van der Waals surface area contributed by atoms with Gasteiger partial charge in [0.1, 0.15) is 10.6 Å². The second kappa shape index (κ2) is 7.30. The van der Waals surface area contributed by atoms with Crippen molar-refractivity contribution in [1.29, 1.82) is 0 Å². The molecule has 2 rings (SSSR count). The molecule has 0 radical (unpaired) electrons. The van der Waals surface area contributed by atoms with Gasteiger partial charge in [-0.1, -0.05) is 0 Å². The van der Waals surface area contributed by atoms with E-state index in [4.69, 9.17) is 9.47 Å². The fourth-order valence-corrected chi connectivity index (χ4v) is 4.27. The number of anilines is 1. The highest BCUT2D eigenvalue weighted by Gasteiger charge is 2.29. The Morgan fingerprint density at radius 3 is 2.55 bits per heavy atom. The zero-order chi connectivity index (χ0) is 16.2. The number of benzene rings is 1. The Balaban J connectivity index is 2.26. The van der Waals surface area contributed by atoms with Crippen LogP contribution in [0.2, 0.25) is 0 Å². The normalized spacial score (nSPS) is 17.4. The summed E-state index contributed by atoms with van der Waals surface area (Å²) in [7, 11) is -0.351. The molecule has 1 N–H and O–H groups in total. The van der Waals surface area contributed by atoms with Gasteiger partial charge in [-0.15, -0.1) is 0 Å². The fourth-order valence-electron chi connectivity index (χ4n) is 2.61. The largest absolute Gasteiger partial charge is 0.495 e. The van der Waals surface area contributed by atoms with Crippen LogP contribution in [-0.4, -0.2) is 52.7 Å². The molecule has 1 aromatic carbocycles. The number of sulfonamides is 1. The van der Waals surface area contributed by atoms with Crippen molar-refractivity contribution in [2.24, 2.45) is 0 Å². The fraction of sp³-hybridized carbons (Fsp3) is 0.600. The number of hydrogen-bond donors (Lipinski definition) is 1. The molecule has 1 unspecified atom stereocenters. The van der Waals surface area contributed by atoms with Crippen molar-refractivity contribution in [3.63, 3.8) is 0 Å². The summed E-state index contributed by atoms with van der Waals surface area (Å²) in [5, 5.41) is 3.25. The van der Waals surface area contributed by atoms with Crippen LogP contribution >= 0.6 is 0 Å². The van der Waals surface area contributed by atoms with E-state index in [-0.39, 0.29) is 10.9 Å². The third-order valence-electron chi connectivity index (χ3n) is 3.68. The van der Waals surface area contributed by atoms with E-state index in [0.29, 0.717) is 25.4 Å². The zero-order valence-electron chi connectivity index (χ0n) is 13.3. The molecule has 22 heavy (non-hydrogen) atoms. The standard InChI is InChI=1S/C15H24N2O4S/c1-12(11-20-2)16-13-6-7-15(14(10-13)21-3)22(18,19)17-8-4-5-9-17/h6-7,10,12,16H,4-5,8-9,11H2,1-3H3. The van der Waals surface area contributed by atoms with E-state index in [0.717, 1.165) is 18.5 Å². The van der Waals surface area contributed by atoms with Gasteiger partial charge in [0.05, 0.1) is 13.7 Å². The Morgan fingerprint density at radius 2 is 1.95 bits per heavy atom. The zero-order valence-corrected chi connectivity index (χ0v) is 14.1. The van der Waals surface area contributed by atoms with Gasteiger partial charge >= 0.3 is 0 Å². The third kappa shape index (κ3) is 3.71. The van der Waals surface area contributed by atoms with Crippen LogP contribution in [0.15, 0.2) is 23.1 Å². The number of methoxy groups -OCH3 is 2. The molecule has 1 fully saturated rings. The number of rotatable bonds is 7. The molecule has 124 valence electrons. The van der Waals surface area contributed by atoms with Crippen molar-refractivity contribution >= 4 is 15.7 Å². The molecule has 1 aromatic rings. The molecule has 7 heteroatoms. The number of nitrogens with zero attached hydrogens (tertiary/aromatic N) is 1. The van der Waals surface area contributed by atoms with Crippen LogP contribution in [0.1, 0.15) is 19.8 Å². The molecule has 1 saturated heterocycles. The van der Waals surface area contributed by atoms with Crippen LogP contribution in [0.3, 0.4) is 0 Å². The lowest BCUT2D eigenvalue weighted by atomic mass is 10.2. The van der Waals surface area contributed by atoms with Crippen molar-refractivity contribution in [1.82, 2.24) is 4.31 Å². The van der Waals surface area contributed by atoms with Crippen LogP contribution in [0, 0.1) is 0 Å². The minimum Gasteiger partial charge on any atom is -0.495 e. The first-order valence-corrected chi connectivity index (χ1v) is 8.86. The van der Waals surface area contributed by atoms with E-state index < -0.39 is 10.0 Å². The highest BCUT2D eigenvalue weighted by atomic mass is 32.2. The summed E-state index contributed by atoms with van der Waals surface area (Å²) in [6, 6.07) is 5.21.